The average molecular weight is 445 g/mol. The van der Waals surface area contributed by atoms with E-state index < -0.39 is 11.7 Å². The molecule has 3 rings (SSSR count). The second kappa shape index (κ2) is 10.5. The molecular weight excluding hydrogens is 417 g/mol. The number of anilines is 1. The highest BCUT2D eigenvalue weighted by atomic mass is 19.4. The van der Waals surface area contributed by atoms with Crippen LogP contribution in [0.5, 0.6) is 0 Å². The monoisotopic (exact) mass is 444 g/mol. The third-order valence-electron chi connectivity index (χ3n) is 5.76. The molecule has 32 heavy (non-hydrogen) atoms. The zero-order chi connectivity index (χ0) is 23.1. The third-order valence-corrected chi connectivity index (χ3v) is 5.76. The van der Waals surface area contributed by atoms with E-state index in [9.17, 15) is 18.0 Å². The van der Waals surface area contributed by atoms with Crippen LogP contribution < -0.4 is 5.32 Å². The average Bonchev–Trinajstić information content (AvgIpc) is 2.79. The van der Waals surface area contributed by atoms with Crippen LogP contribution in [-0.2, 0) is 30.5 Å². The molecule has 0 aliphatic carbocycles. The smallest absolute Gasteiger partial charge is 0.376 e. The zero-order valence-electron chi connectivity index (χ0n) is 18.1. The molecule has 5 nitrogen and oxygen atoms in total. The molecule has 0 atom stereocenters. The number of carbonyl (C=O) groups excluding carboxylic acids is 1. The Balaban J connectivity index is 1.74. The first-order valence-electron chi connectivity index (χ1n) is 10.7. The molecule has 8 heteroatoms. The van der Waals surface area contributed by atoms with Gasteiger partial charge in [-0.3, -0.25) is 9.69 Å². The highest BCUT2D eigenvalue weighted by Gasteiger charge is 2.33. The summed E-state index contributed by atoms with van der Waals surface area (Å²) in [7, 11) is 0. The Morgan fingerprint density at radius 2 is 2.00 bits per heavy atom. The molecule has 0 radical (unpaired) electrons. The number of alkyl halides is 3. The summed E-state index contributed by atoms with van der Waals surface area (Å²) in [5, 5.41) is 12.1. The number of nitrogens with one attached hydrogen (secondary N) is 1. The van der Waals surface area contributed by atoms with Crippen LogP contribution in [-0.4, -0.2) is 41.9 Å². The van der Waals surface area contributed by atoms with E-state index in [1.54, 1.807) is 0 Å². The predicted octanol–water partition coefficient (Wildman–Crippen LogP) is 4.44. The van der Waals surface area contributed by atoms with Crippen LogP contribution in [0, 0.1) is 11.3 Å². The van der Waals surface area contributed by atoms with Crippen LogP contribution in [0.15, 0.2) is 42.5 Å². The lowest BCUT2D eigenvalue weighted by molar-refractivity contribution is -0.139. The van der Waals surface area contributed by atoms with Crippen molar-refractivity contribution in [2.75, 3.05) is 31.5 Å². The molecule has 1 amide bonds. The lowest BCUT2D eigenvalue weighted by atomic mass is 9.98. The Kier molecular flexibility index (Phi) is 7.75. The maximum atomic E-state index is 13.4. The molecule has 1 N–H and O–H groups in total. The molecule has 2 aromatic rings. The van der Waals surface area contributed by atoms with E-state index >= 15 is 0 Å². The second-order valence-electron chi connectivity index (χ2n) is 7.79. The lowest BCUT2D eigenvalue weighted by Gasteiger charge is -2.30. The molecule has 1 heterocycles. The molecule has 0 saturated carbocycles. The van der Waals surface area contributed by atoms with Gasteiger partial charge in [-0.2, -0.15) is 18.4 Å². The van der Waals surface area contributed by atoms with Gasteiger partial charge in [0.1, 0.15) is 0 Å². The summed E-state index contributed by atoms with van der Waals surface area (Å²) in [6.07, 6.45) is -3.52. The van der Waals surface area contributed by atoms with Gasteiger partial charge >= 0.3 is 6.18 Å². The number of nitrogens with zero attached hydrogens (tertiary/aromatic N) is 3. The molecule has 2 aromatic carbocycles. The van der Waals surface area contributed by atoms with Crippen molar-refractivity contribution in [2.45, 2.75) is 39.0 Å². The number of hydrogen-bond donors (Lipinski definition) is 1. The van der Waals surface area contributed by atoms with Gasteiger partial charge in [0.25, 0.3) is 0 Å². The van der Waals surface area contributed by atoms with Gasteiger partial charge in [0.05, 0.1) is 24.6 Å². The van der Waals surface area contributed by atoms with E-state index in [0.717, 1.165) is 43.4 Å². The summed E-state index contributed by atoms with van der Waals surface area (Å²) in [5.74, 6) is -0.349. The topological polar surface area (TPSA) is 59.4 Å². The third kappa shape index (κ3) is 5.80. The fourth-order valence-electron chi connectivity index (χ4n) is 3.97. The van der Waals surface area contributed by atoms with Gasteiger partial charge in [0, 0.05) is 31.9 Å². The first-order valence-corrected chi connectivity index (χ1v) is 10.7. The van der Waals surface area contributed by atoms with Crippen molar-refractivity contribution >= 4 is 11.6 Å². The van der Waals surface area contributed by atoms with E-state index in [1.807, 2.05) is 18.2 Å². The van der Waals surface area contributed by atoms with Gasteiger partial charge in [0.2, 0.25) is 5.91 Å². The van der Waals surface area contributed by atoms with Crippen LogP contribution in [0.25, 0.3) is 0 Å². The number of hydrogen-bond acceptors (Lipinski definition) is 4. The Labute approximate surface area is 186 Å². The fourth-order valence-corrected chi connectivity index (χ4v) is 3.97. The Hall–Kier alpha value is -3.05. The minimum absolute atomic E-state index is 0.0157. The van der Waals surface area contributed by atoms with E-state index in [2.05, 4.69) is 23.2 Å². The number of amides is 1. The van der Waals surface area contributed by atoms with E-state index in [1.165, 1.54) is 28.7 Å². The number of carbonyl (C=O) groups is 1. The van der Waals surface area contributed by atoms with Gasteiger partial charge in [-0.05, 0) is 41.8 Å². The van der Waals surface area contributed by atoms with Crippen molar-refractivity contribution in [1.29, 1.82) is 5.26 Å². The zero-order valence-corrected chi connectivity index (χ0v) is 18.1. The van der Waals surface area contributed by atoms with Crippen molar-refractivity contribution in [2.24, 2.45) is 0 Å². The Bertz CT molecular complexity index is 984. The number of halogens is 3. The molecule has 170 valence electrons. The molecular formula is C24H27F3N4O. The largest absolute Gasteiger partial charge is 0.416 e. The maximum absolute atomic E-state index is 13.4. The van der Waals surface area contributed by atoms with Gasteiger partial charge in [-0.25, -0.2) is 0 Å². The summed E-state index contributed by atoms with van der Waals surface area (Å²) >= 11 is 0. The van der Waals surface area contributed by atoms with Gasteiger partial charge in [0.15, 0.2) is 0 Å². The SMILES string of the molecule is CCN1CCc2cccc(NCC(=O)N(CCC#N)Cc3ccccc3C(F)(F)F)c2C1. The summed E-state index contributed by atoms with van der Waals surface area (Å²) in [5.41, 5.74) is 2.51. The first-order chi connectivity index (χ1) is 15.3. The molecule has 1 aliphatic rings. The number of likely N-dealkylation sites (N-methyl/N-ethyl adjacent to an activating group) is 1. The highest BCUT2D eigenvalue weighted by molar-refractivity contribution is 5.81. The minimum Gasteiger partial charge on any atom is -0.376 e. The summed E-state index contributed by atoms with van der Waals surface area (Å²) < 4.78 is 40.1. The number of nitriles is 1. The molecule has 0 spiro atoms. The van der Waals surface area contributed by atoms with Crippen molar-refractivity contribution in [3.8, 4) is 6.07 Å². The molecule has 0 bridgehead atoms. The standard InChI is InChI=1S/C24H27F3N4O/c1-2-30-14-11-18-8-5-10-22(20(18)17-30)29-15-23(32)31(13-6-12-28)16-19-7-3-4-9-21(19)24(25,26)27/h3-5,7-10,29H,2,6,11,13-17H2,1H3. The maximum Gasteiger partial charge on any atom is 0.416 e. The molecule has 0 aromatic heterocycles. The van der Waals surface area contributed by atoms with Crippen molar-refractivity contribution in [3.63, 3.8) is 0 Å². The Morgan fingerprint density at radius 1 is 1.22 bits per heavy atom. The van der Waals surface area contributed by atoms with Crippen LogP contribution in [0.4, 0.5) is 18.9 Å². The van der Waals surface area contributed by atoms with E-state index in [0.29, 0.717) is 0 Å². The summed E-state index contributed by atoms with van der Waals surface area (Å²) in [6.45, 7) is 4.65. The van der Waals surface area contributed by atoms with Crippen molar-refractivity contribution < 1.29 is 18.0 Å². The van der Waals surface area contributed by atoms with Gasteiger partial charge < -0.3 is 10.2 Å². The minimum atomic E-state index is -4.51. The second-order valence-corrected chi connectivity index (χ2v) is 7.79. The molecule has 0 saturated heterocycles. The van der Waals surface area contributed by atoms with Crippen molar-refractivity contribution in [1.82, 2.24) is 9.80 Å². The lowest BCUT2D eigenvalue weighted by Crippen LogP contribution is -2.37. The predicted molar refractivity (Wildman–Crippen MR) is 117 cm³/mol. The van der Waals surface area contributed by atoms with Crippen LogP contribution in [0.3, 0.4) is 0 Å². The van der Waals surface area contributed by atoms with Crippen LogP contribution >= 0.6 is 0 Å². The number of fused-ring (bicyclic) bond motifs is 1. The number of rotatable bonds is 8. The summed E-state index contributed by atoms with van der Waals surface area (Å²) in [4.78, 5) is 16.6. The van der Waals surface area contributed by atoms with Gasteiger partial charge in [-0.15, -0.1) is 0 Å². The number of benzene rings is 2. The highest BCUT2D eigenvalue weighted by Crippen LogP contribution is 2.32. The van der Waals surface area contributed by atoms with E-state index in [4.69, 9.17) is 5.26 Å². The molecule has 0 fully saturated rings. The summed E-state index contributed by atoms with van der Waals surface area (Å²) in [6, 6.07) is 13.1. The van der Waals surface area contributed by atoms with E-state index in [-0.39, 0.29) is 37.5 Å². The Morgan fingerprint density at radius 3 is 2.72 bits per heavy atom. The normalized spacial score (nSPS) is 13.8. The molecule has 0 unspecified atom stereocenters. The van der Waals surface area contributed by atoms with Crippen LogP contribution in [0.2, 0.25) is 0 Å². The fraction of sp³-hybridized carbons (Fsp3) is 0.417. The van der Waals surface area contributed by atoms with Crippen LogP contribution in [0.1, 0.15) is 35.6 Å². The quantitative estimate of drug-likeness (QED) is 0.654. The van der Waals surface area contributed by atoms with Crippen molar-refractivity contribution in [3.05, 3.63) is 64.7 Å². The first kappa shape index (κ1) is 23.6. The van der Waals surface area contributed by atoms with Gasteiger partial charge in [-0.1, -0.05) is 37.3 Å². The molecule has 1 aliphatic heterocycles.